The van der Waals surface area contributed by atoms with E-state index in [1.54, 1.807) is 0 Å². The van der Waals surface area contributed by atoms with Crippen molar-refractivity contribution in [1.82, 2.24) is 5.32 Å². The molecule has 3 N–H and O–H groups in total. The van der Waals surface area contributed by atoms with E-state index >= 15 is 0 Å². The van der Waals surface area contributed by atoms with Crippen molar-refractivity contribution in [2.24, 2.45) is 0 Å². The number of unbranched alkanes of at least 4 members (excludes halogenated alkanes) is 70. The number of allylic oxidation sites excluding steroid dienone is 2. The van der Waals surface area contributed by atoms with Crippen LogP contribution in [0.2, 0.25) is 0 Å². The molecule has 0 aromatic heterocycles. The molecule has 0 aromatic carbocycles. The maximum Gasteiger partial charge on any atom is 0.305 e. The zero-order chi connectivity index (χ0) is 67.0. The smallest absolute Gasteiger partial charge is 0.305 e. The summed E-state index contributed by atoms with van der Waals surface area (Å²) in [5.74, 6) is 0.00113. The zero-order valence-corrected chi connectivity index (χ0v) is 63.8. The van der Waals surface area contributed by atoms with Crippen molar-refractivity contribution in [3.05, 3.63) is 12.2 Å². The van der Waals surface area contributed by atoms with Gasteiger partial charge in [-0.3, -0.25) is 9.59 Å². The molecule has 0 aliphatic carbocycles. The molecule has 0 radical (unpaired) electrons. The molecule has 0 aliphatic heterocycles. The molecular formula is C87H171NO5. The van der Waals surface area contributed by atoms with E-state index in [-0.39, 0.29) is 18.5 Å². The Hall–Kier alpha value is -1.40. The Labute approximate surface area is 584 Å². The highest BCUT2D eigenvalue weighted by Crippen LogP contribution is 2.21. The molecule has 0 fully saturated rings. The third kappa shape index (κ3) is 79.5. The van der Waals surface area contributed by atoms with Gasteiger partial charge < -0.3 is 20.3 Å². The van der Waals surface area contributed by atoms with Crippen molar-refractivity contribution in [2.75, 3.05) is 13.2 Å². The van der Waals surface area contributed by atoms with Crippen LogP contribution in [0.3, 0.4) is 0 Å². The number of carbonyl (C=O) groups excluding carboxylic acids is 2. The van der Waals surface area contributed by atoms with E-state index in [9.17, 15) is 19.8 Å². The van der Waals surface area contributed by atoms with Crippen molar-refractivity contribution < 1.29 is 24.5 Å². The number of esters is 1. The van der Waals surface area contributed by atoms with E-state index in [0.29, 0.717) is 25.9 Å². The summed E-state index contributed by atoms with van der Waals surface area (Å²) < 4.78 is 5.52. The number of aliphatic hydroxyl groups excluding tert-OH is 2. The van der Waals surface area contributed by atoms with Crippen LogP contribution in [-0.4, -0.2) is 47.4 Å². The zero-order valence-electron chi connectivity index (χ0n) is 63.8. The first-order valence-electron chi connectivity index (χ1n) is 43.4. The van der Waals surface area contributed by atoms with Gasteiger partial charge in [-0.05, 0) is 51.4 Å². The quantitative estimate of drug-likeness (QED) is 0.0320. The maximum atomic E-state index is 12.6. The van der Waals surface area contributed by atoms with Crippen LogP contribution in [0.25, 0.3) is 0 Å². The second kappa shape index (κ2) is 83.0. The van der Waals surface area contributed by atoms with Crippen molar-refractivity contribution in [2.45, 2.75) is 520 Å². The fourth-order valence-electron chi connectivity index (χ4n) is 14.2. The van der Waals surface area contributed by atoms with E-state index in [1.165, 1.54) is 437 Å². The fraction of sp³-hybridized carbons (Fsp3) is 0.954. The topological polar surface area (TPSA) is 95.9 Å². The molecule has 0 saturated carbocycles. The van der Waals surface area contributed by atoms with Crippen molar-refractivity contribution in [3.63, 3.8) is 0 Å². The second-order valence-electron chi connectivity index (χ2n) is 30.2. The number of hydrogen-bond donors (Lipinski definition) is 3. The lowest BCUT2D eigenvalue weighted by Gasteiger charge is -2.22. The van der Waals surface area contributed by atoms with Crippen LogP contribution in [-0.2, 0) is 14.3 Å². The highest BCUT2D eigenvalue weighted by Gasteiger charge is 2.20. The highest BCUT2D eigenvalue weighted by atomic mass is 16.5. The lowest BCUT2D eigenvalue weighted by Crippen LogP contribution is -2.45. The molecule has 0 aliphatic rings. The van der Waals surface area contributed by atoms with E-state index in [2.05, 4.69) is 31.3 Å². The summed E-state index contributed by atoms with van der Waals surface area (Å²) in [6.07, 6.45) is 106. The average molecular weight is 1310 g/mol. The first-order valence-corrected chi connectivity index (χ1v) is 43.4. The van der Waals surface area contributed by atoms with Gasteiger partial charge in [-0.25, -0.2) is 0 Å². The molecule has 0 aromatic rings. The van der Waals surface area contributed by atoms with Gasteiger partial charge in [0.25, 0.3) is 0 Å². The molecule has 2 atom stereocenters. The summed E-state index contributed by atoms with van der Waals surface area (Å²) in [4.78, 5) is 24.7. The SMILES string of the molecule is CCCCCCCC/C=C\CCCCCCCCCCCC(=O)OCCCCCCCCCCCCCCCCCCCCCCCCCCCCCCCCCCCCCCCC(=O)NC(CO)C(O)CCCCCCCCCCCCCCCCCCCCCC. The second-order valence-corrected chi connectivity index (χ2v) is 30.2. The van der Waals surface area contributed by atoms with Crippen LogP contribution < -0.4 is 5.32 Å². The lowest BCUT2D eigenvalue weighted by atomic mass is 10.0. The molecule has 0 bridgehead atoms. The maximum absolute atomic E-state index is 12.6. The monoisotopic (exact) mass is 1310 g/mol. The van der Waals surface area contributed by atoms with Gasteiger partial charge in [-0.15, -0.1) is 0 Å². The standard InChI is InChI=1S/C87H171NO5/c1-3-5-7-9-11-13-15-17-19-21-23-44-47-51-55-59-63-67-71-75-79-85(90)84(83-89)88-86(91)80-76-72-68-64-60-56-52-48-45-41-39-37-35-33-31-29-27-25-24-26-28-30-32-34-36-38-40-42-46-50-54-58-62-66-70-74-78-82-93-87(92)81-77-73-69-65-61-57-53-49-43-22-20-18-16-14-12-10-8-6-4-2/h18,20,84-85,89-90H,3-17,19,21-83H2,1-2H3,(H,88,91)/b20-18-. The van der Waals surface area contributed by atoms with Crippen molar-refractivity contribution >= 4 is 11.9 Å². The van der Waals surface area contributed by atoms with Gasteiger partial charge in [0, 0.05) is 12.8 Å². The summed E-state index contributed by atoms with van der Waals surface area (Å²) in [5, 5.41) is 23.5. The van der Waals surface area contributed by atoms with Gasteiger partial charge in [-0.2, -0.15) is 0 Å². The van der Waals surface area contributed by atoms with Crippen LogP contribution in [0.4, 0.5) is 0 Å². The minimum absolute atomic E-state index is 0.0233. The summed E-state index contributed by atoms with van der Waals surface area (Å²) >= 11 is 0. The number of ether oxygens (including phenoxy) is 1. The van der Waals surface area contributed by atoms with Crippen LogP contribution in [0.15, 0.2) is 12.2 Å². The Balaban J connectivity index is 3.29. The first kappa shape index (κ1) is 91.6. The van der Waals surface area contributed by atoms with E-state index in [1.807, 2.05) is 0 Å². The third-order valence-corrected chi connectivity index (χ3v) is 20.8. The molecule has 2 unspecified atom stereocenters. The molecule has 1 amide bonds. The van der Waals surface area contributed by atoms with Gasteiger partial charge in [0.1, 0.15) is 0 Å². The highest BCUT2D eigenvalue weighted by molar-refractivity contribution is 5.76. The molecular weight excluding hydrogens is 1140 g/mol. The number of nitrogens with one attached hydrogen (secondary N) is 1. The molecule has 0 spiro atoms. The number of hydrogen-bond acceptors (Lipinski definition) is 5. The predicted octanol–water partition coefficient (Wildman–Crippen LogP) is 29.0. The van der Waals surface area contributed by atoms with Gasteiger partial charge in [0.15, 0.2) is 0 Å². The summed E-state index contributed by atoms with van der Waals surface area (Å²) in [6, 6.07) is -0.537. The summed E-state index contributed by atoms with van der Waals surface area (Å²) in [6.45, 7) is 5.02. The first-order chi connectivity index (χ1) is 46.0. The largest absolute Gasteiger partial charge is 0.466 e. The Morgan fingerprint density at radius 2 is 0.505 bits per heavy atom. The minimum Gasteiger partial charge on any atom is -0.466 e. The molecule has 6 nitrogen and oxygen atoms in total. The third-order valence-electron chi connectivity index (χ3n) is 20.8. The number of aliphatic hydroxyl groups is 2. The lowest BCUT2D eigenvalue weighted by molar-refractivity contribution is -0.143. The molecule has 0 rings (SSSR count). The number of rotatable bonds is 83. The molecule has 93 heavy (non-hydrogen) atoms. The Morgan fingerprint density at radius 3 is 0.763 bits per heavy atom. The Kier molecular flexibility index (Phi) is 81.8. The molecule has 0 heterocycles. The molecule has 6 heteroatoms. The van der Waals surface area contributed by atoms with Crippen LogP contribution in [0.5, 0.6) is 0 Å². The predicted molar refractivity (Wildman–Crippen MR) is 412 cm³/mol. The summed E-state index contributed by atoms with van der Waals surface area (Å²) in [5.41, 5.74) is 0. The van der Waals surface area contributed by atoms with E-state index in [4.69, 9.17) is 4.74 Å². The fourth-order valence-corrected chi connectivity index (χ4v) is 14.2. The van der Waals surface area contributed by atoms with E-state index in [0.717, 1.165) is 38.5 Å². The van der Waals surface area contributed by atoms with Crippen LogP contribution in [0, 0.1) is 0 Å². The van der Waals surface area contributed by atoms with Gasteiger partial charge in [-0.1, -0.05) is 456 Å². The number of carbonyl (C=O) groups is 2. The minimum atomic E-state index is -0.661. The van der Waals surface area contributed by atoms with Crippen LogP contribution in [0.1, 0.15) is 508 Å². The van der Waals surface area contributed by atoms with Crippen molar-refractivity contribution in [1.29, 1.82) is 0 Å². The Bertz CT molecular complexity index is 1420. The molecule has 554 valence electrons. The molecule has 0 saturated heterocycles. The normalized spacial score (nSPS) is 12.4. The van der Waals surface area contributed by atoms with E-state index < -0.39 is 12.1 Å². The van der Waals surface area contributed by atoms with Gasteiger partial charge in [0.05, 0.1) is 25.4 Å². The van der Waals surface area contributed by atoms with Gasteiger partial charge in [0.2, 0.25) is 5.91 Å². The van der Waals surface area contributed by atoms with Crippen molar-refractivity contribution in [3.8, 4) is 0 Å². The Morgan fingerprint density at radius 1 is 0.290 bits per heavy atom. The van der Waals surface area contributed by atoms with Crippen LogP contribution >= 0.6 is 0 Å². The average Bonchev–Trinajstić information content (AvgIpc) is 3.78. The van der Waals surface area contributed by atoms with Gasteiger partial charge >= 0.3 is 5.97 Å². The summed E-state index contributed by atoms with van der Waals surface area (Å²) in [7, 11) is 0. The number of amides is 1.